The van der Waals surface area contributed by atoms with Crippen LogP contribution in [-0.2, 0) is 12.1 Å². The topological polar surface area (TPSA) is 63.4 Å². The number of aromatic nitrogens is 3. The number of pyridine rings is 1. The second kappa shape index (κ2) is 8.37. The number of amides is 1. The van der Waals surface area contributed by atoms with Crippen LogP contribution in [0.3, 0.4) is 0 Å². The fourth-order valence-corrected chi connectivity index (χ4v) is 3.94. The Morgan fingerprint density at radius 3 is 2.62 bits per heavy atom. The molecule has 9 heteroatoms. The molecule has 0 N–H and O–H groups in total. The summed E-state index contributed by atoms with van der Waals surface area (Å²) < 4.78 is 39.0. The molecule has 0 fully saturated rings. The Balaban J connectivity index is 2.04. The van der Waals surface area contributed by atoms with Gasteiger partial charge in [0.25, 0.3) is 5.91 Å². The SMILES string of the molecule is C=N/C=C(\C=C(/C)c1cc(C)c2c(n1)C(C)(C)N(c1cnn(CC(F)(F)F)c1)C2=O)CC. The zero-order valence-corrected chi connectivity index (χ0v) is 18.8. The first-order valence-corrected chi connectivity index (χ1v) is 10.2. The molecule has 0 aromatic carbocycles. The molecule has 6 nitrogen and oxygen atoms in total. The highest BCUT2D eigenvalue weighted by Gasteiger charge is 2.47. The molecule has 3 heterocycles. The first-order chi connectivity index (χ1) is 14.9. The van der Waals surface area contributed by atoms with Crippen molar-refractivity contribution in [2.24, 2.45) is 4.99 Å². The lowest BCUT2D eigenvalue weighted by molar-refractivity contribution is -0.142. The lowest BCUT2D eigenvalue weighted by Gasteiger charge is -2.30. The fraction of sp³-hybridized carbons (Fsp3) is 0.391. The van der Waals surface area contributed by atoms with Gasteiger partial charge in [-0.25, -0.2) is 4.98 Å². The molecule has 1 aliphatic heterocycles. The van der Waals surface area contributed by atoms with Gasteiger partial charge >= 0.3 is 6.18 Å². The standard InChI is InChI=1S/C23H26F3N5O/c1-7-16(10-27-6)8-14(2)18-9-15(3)19-20(29-18)22(4,5)31(21(19)32)17-11-28-30(12-17)13-23(24,25)26/h8-12H,6-7,13H2,1-5H3/b14-8+,16-10-. The Hall–Kier alpha value is -3.23. The van der Waals surface area contributed by atoms with Crippen LogP contribution in [0.15, 0.2) is 41.3 Å². The maximum atomic E-state index is 13.3. The van der Waals surface area contributed by atoms with Crippen molar-refractivity contribution in [3.05, 3.63) is 58.8 Å². The van der Waals surface area contributed by atoms with Crippen LogP contribution < -0.4 is 4.90 Å². The number of carbonyl (C=O) groups excluding carboxylic acids is 1. The predicted molar refractivity (Wildman–Crippen MR) is 119 cm³/mol. The number of carbonyl (C=O) groups is 1. The van der Waals surface area contributed by atoms with Crippen molar-refractivity contribution in [1.82, 2.24) is 14.8 Å². The molecule has 0 aliphatic carbocycles. The zero-order valence-electron chi connectivity index (χ0n) is 18.8. The maximum Gasteiger partial charge on any atom is 0.408 e. The minimum atomic E-state index is -4.40. The summed E-state index contributed by atoms with van der Waals surface area (Å²) in [7, 11) is 0. The maximum absolute atomic E-state index is 13.3. The third-order valence-corrected chi connectivity index (χ3v) is 5.46. The first-order valence-electron chi connectivity index (χ1n) is 10.2. The van der Waals surface area contributed by atoms with Crippen molar-refractivity contribution in [1.29, 1.82) is 0 Å². The van der Waals surface area contributed by atoms with E-state index in [4.69, 9.17) is 4.98 Å². The molecule has 0 atom stereocenters. The molecule has 0 saturated carbocycles. The van der Waals surface area contributed by atoms with E-state index in [0.717, 1.165) is 33.5 Å². The summed E-state index contributed by atoms with van der Waals surface area (Å²) in [6.07, 6.45) is 2.56. The van der Waals surface area contributed by atoms with Crippen LogP contribution in [-0.4, -0.2) is 33.6 Å². The number of hydrogen-bond acceptors (Lipinski definition) is 4. The quantitative estimate of drug-likeness (QED) is 0.439. The van der Waals surface area contributed by atoms with Gasteiger partial charge in [0.2, 0.25) is 0 Å². The summed E-state index contributed by atoms with van der Waals surface area (Å²) in [5, 5.41) is 3.79. The number of nitrogens with zero attached hydrogens (tertiary/aromatic N) is 5. The van der Waals surface area contributed by atoms with Gasteiger partial charge in [-0.05, 0) is 63.6 Å². The lowest BCUT2D eigenvalue weighted by atomic mass is 9.95. The van der Waals surface area contributed by atoms with E-state index in [1.54, 1.807) is 6.20 Å². The third kappa shape index (κ3) is 4.37. The van der Waals surface area contributed by atoms with Crippen molar-refractivity contribution in [3.8, 4) is 0 Å². The summed E-state index contributed by atoms with van der Waals surface area (Å²) in [5.41, 5.74) is 3.85. The molecule has 1 aliphatic rings. The van der Waals surface area contributed by atoms with E-state index >= 15 is 0 Å². The average molecular weight is 445 g/mol. The Kier molecular flexibility index (Phi) is 6.13. The highest BCUT2D eigenvalue weighted by molar-refractivity contribution is 6.12. The largest absolute Gasteiger partial charge is 0.408 e. The number of halogens is 3. The summed E-state index contributed by atoms with van der Waals surface area (Å²) >= 11 is 0. The molecule has 0 saturated heterocycles. The van der Waals surface area contributed by atoms with Crippen LogP contribution in [0.2, 0.25) is 0 Å². The Bertz CT molecular complexity index is 1130. The average Bonchev–Trinajstić information content (AvgIpc) is 3.19. The zero-order chi connectivity index (χ0) is 23.8. The number of aliphatic imine (C=N–C) groups is 1. The van der Waals surface area contributed by atoms with Crippen molar-refractivity contribution >= 4 is 23.9 Å². The minimum Gasteiger partial charge on any atom is -0.294 e. The van der Waals surface area contributed by atoms with Gasteiger partial charge in [0, 0.05) is 12.4 Å². The van der Waals surface area contributed by atoms with Crippen LogP contribution >= 0.6 is 0 Å². The van der Waals surface area contributed by atoms with Crippen LogP contribution in [0, 0.1) is 6.92 Å². The first kappa shape index (κ1) is 23.4. The molecule has 2 aromatic heterocycles. The Morgan fingerprint density at radius 1 is 1.34 bits per heavy atom. The number of aryl methyl sites for hydroxylation is 1. The van der Waals surface area contributed by atoms with E-state index in [-0.39, 0.29) is 5.91 Å². The normalized spacial score (nSPS) is 16.5. The lowest BCUT2D eigenvalue weighted by Crippen LogP contribution is -2.39. The van der Waals surface area contributed by atoms with Gasteiger partial charge in [-0.15, -0.1) is 0 Å². The fourth-order valence-electron chi connectivity index (χ4n) is 3.94. The molecule has 0 radical (unpaired) electrons. The Morgan fingerprint density at radius 2 is 2.03 bits per heavy atom. The molecule has 32 heavy (non-hydrogen) atoms. The molecule has 1 amide bonds. The van der Waals surface area contributed by atoms with E-state index in [1.807, 2.05) is 46.8 Å². The van der Waals surface area contributed by atoms with E-state index < -0.39 is 18.3 Å². The van der Waals surface area contributed by atoms with E-state index in [9.17, 15) is 18.0 Å². The van der Waals surface area contributed by atoms with Crippen molar-refractivity contribution in [3.63, 3.8) is 0 Å². The van der Waals surface area contributed by atoms with Crippen molar-refractivity contribution in [2.75, 3.05) is 4.90 Å². The van der Waals surface area contributed by atoms with Crippen LogP contribution in [0.4, 0.5) is 18.9 Å². The number of hydrogen-bond donors (Lipinski definition) is 0. The van der Waals surface area contributed by atoms with Crippen LogP contribution in [0.5, 0.6) is 0 Å². The molecule has 0 bridgehead atoms. The summed E-state index contributed by atoms with van der Waals surface area (Å²) in [6.45, 7) is 11.7. The second-order valence-electron chi connectivity index (χ2n) is 8.33. The molecule has 0 unspecified atom stereocenters. The van der Waals surface area contributed by atoms with Gasteiger partial charge in [0.15, 0.2) is 0 Å². The summed E-state index contributed by atoms with van der Waals surface area (Å²) in [4.78, 5) is 23.4. The third-order valence-electron chi connectivity index (χ3n) is 5.46. The summed E-state index contributed by atoms with van der Waals surface area (Å²) in [5.74, 6) is -0.306. The number of rotatable bonds is 6. The summed E-state index contributed by atoms with van der Waals surface area (Å²) in [6, 6.07) is 1.85. The number of alkyl halides is 3. The monoisotopic (exact) mass is 445 g/mol. The number of fused-ring (bicyclic) bond motifs is 1. The van der Waals surface area contributed by atoms with Crippen molar-refractivity contribution in [2.45, 2.75) is 59.3 Å². The predicted octanol–water partition coefficient (Wildman–Crippen LogP) is 5.44. The minimum absolute atomic E-state index is 0.295. The van der Waals surface area contributed by atoms with E-state index in [1.165, 1.54) is 17.3 Å². The smallest absolute Gasteiger partial charge is 0.294 e. The van der Waals surface area contributed by atoms with E-state index in [2.05, 4.69) is 16.8 Å². The van der Waals surface area contributed by atoms with E-state index in [0.29, 0.717) is 16.9 Å². The van der Waals surface area contributed by atoms with Gasteiger partial charge in [-0.2, -0.15) is 18.3 Å². The molecule has 3 rings (SSSR count). The highest BCUT2D eigenvalue weighted by Crippen LogP contribution is 2.42. The number of allylic oxidation sites excluding steroid dienone is 3. The molecule has 170 valence electrons. The van der Waals surface area contributed by atoms with Gasteiger partial charge < -0.3 is 0 Å². The molecular formula is C23H26F3N5O. The van der Waals surface area contributed by atoms with Gasteiger partial charge in [-0.3, -0.25) is 19.4 Å². The second-order valence-corrected chi connectivity index (χ2v) is 8.33. The van der Waals surface area contributed by atoms with Crippen molar-refractivity contribution < 1.29 is 18.0 Å². The van der Waals surface area contributed by atoms with Crippen LogP contribution in [0.1, 0.15) is 61.4 Å². The molecular weight excluding hydrogens is 419 g/mol. The number of anilines is 1. The molecule has 0 spiro atoms. The molecule has 2 aromatic rings. The van der Waals surface area contributed by atoms with Gasteiger partial charge in [0.1, 0.15) is 6.54 Å². The van der Waals surface area contributed by atoms with Gasteiger partial charge in [0.05, 0.1) is 34.4 Å². The van der Waals surface area contributed by atoms with Gasteiger partial charge in [-0.1, -0.05) is 13.0 Å². The highest BCUT2D eigenvalue weighted by atomic mass is 19.4. The Labute approximate surface area is 185 Å². The van der Waals surface area contributed by atoms with Crippen LogP contribution in [0.25, 0.3) is 5.57 Å².